The number of methoxy groups -OCH3 is 1. The van der Waals surface area contributed by atoms with Crippen LogP contribution in [0.1, 0.15) is 53.3 Å². The number of carbonyl (C=O) groups excluding carboxylic acids is 3. The Hall–Kier alpha value is -3.75. The molecular formula is C24H31N3O6. The zero-order valence-electron chi connectivity index (χ0n) is 19.2. The third kappa shape index (κ3) is 8.36. The number of likely N-dealkylation sites (N-methyl/N-ethyl adjacent to an activating group) is 1. The third-order valence-corrected chi connectivity index (χ3v) is 4.74. The molecule has 0 aliphatic rings. The van der Waals surface area contributed by atoms with Gasteiger partial charge in [-0.05, 0) is 48.9 Å². The number of rotatable bonds is 12. The van der Waals surface area contributed by atoms with Gasteiger partial charge < -0.3 is 19.5 Å². The van der Waals surface area contributed by atoms with E-state index in [1.54, 1.807) is 24.3 Å². The number of unbranched alkanes of at least 4 members (excludes halogenated alkanes) is 3. The first-order chi connectivity index (χ1) is 16.0. The summed E-state index contributed by atoms with van der Waals surface area (Å²) >= 11 is 0. The molecule has 33 heavy (non-hydrogen) atoms. The summed E-state index contributed by atoms with van der Waals surface area (Å²) in [4.78, 5) is 36.1. The summed E-state index contributed by atoms with van der Waals surface area (Å²) < 4.78 is 16.3. The topological polar surface area (TPSA) is 115 Å². The Morgan fingerprint density at radius 3 is 2.12 bits per heavy atom. The van der Waals surface area contributed by atoms with Gasteiger partial charge in [-0.15, -0.1) is 0 Å². The second-order valence-electron chi connectivity index (χ2n) is 7.17. The molecule has 0 atom stereocenters. The Balaban J connectivity index is 1.86. The van der Waals surface area contributed by atoms with Crippen molar-refractivity contribution in [1.82, 2.24) is 16.2 Å². The Bertz CT molecular complexity index is 930. The first-order valence-electron chi connectivity index (χ1n) is 10.8. The highest BCUT2D eigenvalue weighted by atomic mass is 16.5. The number of benzene rings is 2. The van der Waals surface area contributed by atoms with Crippen LogP contribution in [0.3, 0.4) is 0 Å². The van der Waals surface area contributed by atoms with Crippen LogP contribution in [0.5, 0.6) is 17.2 Å². The van der Waals surface area contributed by atoms with Gasteiger partial charge >= 0.3 is 0 Å². The van der Waals surface area contributed by atoms with Crippen LogP contribution in [-0.2, 0) is 4.79 Å². The highest BCUT2D eigenvalue weighted by Gasteiger charge is 2.14. The van der Waals surface area contributed by atoms with Gasteiger partial charge in [-0.2, -0.15) is 0 Å². The molecule has 2 rings (SSSR count). The maximum atomic E-state index is 12.4. The van der Waals surface area contributed by atoms with Crippen LogP contribution in [0.4, 0.5) is 0 Å². The van der Waals surface area contributed by atoms with Crippen molar-refractivity contribution in [3.63, 3.8) is 0 Å². The Morgan fingerprint density at radius 2 is 1.48 bits per heavy atom. The summed E-state index contributed by atoms with van der Waals surface area (Å²) in [5.41, 5.74) is 5.36. The van der Waals surface area contributed by atoms with Crippen LogP contribution < -0.4 is 30.4 Å². The molecule has 2 aromatic carbocycles. The van der Waals surface area contributed by atoms with Crippen molar-refractivity contribution < 1.29 is 28.6 Å². The minimum Gasteiger partial charge on any atom is -0.494 e. The van der Waals surface area contributed by atoms with Crippen LogP contribution in [0.2, 0.25) is 0 Å². The SMILES string of the molecule is CCCCCCOc1ccc(C(=O)NNC(=O)c2ccc(OCC(=O)NC)c(OC)c2)cc1. The highest BCUT2D eigenvalue weighted by molar-refractivity contribution is 5.99. The molecule has 0 unspecified atom stereocenters. The molecule has 0 aliphatic heterocycles. The van der Waals surface area contributed by atoms with Gasteiger partial charge in [0, 0.05) is 18.2 Å². The lowest BCUT2D eigenvalue weighted by molar-refractivity contribution is -0.122. The van der Waals surface area contributed by atoms with Crippen molar-refractivity contribution in [3.8, 4) is 17.2 Å². The van der Waals surface area contributed by atoms with Crippen LogP contribution in [-0.4, -0.2) is 45.1 Å². The normalized spacial score (nSPS) is 10.2. The number of hydrogen-bond donors (Lipinski definition) is 3. The lowest BCUT2D eigenvalue weighted by Crippen LogP contribution is -2.41. The number of ether oxygens (including phenoxy) is 3. The van der Waals surface area contributed by atoms with Gasteiger partial charge in [0.15, 0.2) is 18.1 Å². The molecule has 2 aromatic rings. The van der Waals surface area contributed by atoms with Crippen molar-refractivity contribution in [2.75, 3.05) is 27.4 Å². The zero-order chi connectivity index (χ0) is 24.1. The molecular weight excluding hydrogens is 426 g/mol. The highest BCUT2D eigenvalue weighted by Crippen LogP contribution is 2.28. The van der Waals surface area contributed by atoms with E-state index < -0.39 is 11.8 Å². The van der Waals surface area contributed by atoms with Gasteiger partial charge in [0.25, 0.3) is 17.7 Å². The molecule has 3 amide bonds. The summed E-state index contributed by atoms with van der Waals surface area (Å²) in [5.74, 6) is -0.00884. The Morgan fingerprint density at radius 1 is 0.818 bits per heavy atom. The van der Waals surface area contributed by atoms with E-state index in [2.05, 4.69) is 23.1 Å². The lowest BCUT2D eigenvalue weighted by atomic mass is 10.2. The second kappa shape index (κ2) is 13.6. The fourth-order valence-electron chi connectivity index (χ4n) is 2.82. The lowest BCUT2D eigenvalue weighted by Gasteiger charge is -2.12. The van der Waals surface area contributed by atoms with Gasteiger partial charge in [0.2, 0.25) is 0 Å². The van der Waals surface area contributed by atoms with Gasteiger partial charge in [0.1, 0.15) is 5.75 Å². The van der Waals surface area contributed by atoms with Gasteiger partial charge in [-0.3, -0.25) is 25.2 Å². The molecule has 0 radical (unpaired) electrons. The molecule has 0 spiro atoms. The number of carbonyl (C=O) groups is 3. The number of nitrogens with one attached hydrogen (secondary N) is 3. The molecule has 0 fully saturated rings. The van der Waals surface area contributed by atoms with E-state index in [9.17, 15) is 14.4 Å². The van der Waals surface area contributed by atoms with Crippen LogP contribution in [0, 0.1) is 0 Å². The van der Waals surface area contributed by atoms with E-state index >= 15 is 0 Å². The first-order valence-corrected chi connectivity index (χ1v) is 10.8. The second-order valence-corrected chi connectivity index (χ2v) is 7.17. The fourth-order valence-corrected chi connectivity index (χ4v) is 2.82. The molecule has 9 nitrogen and oxygen atoms in total. The predicted molar refractivity (Wildman–Crippen MR) is 124 cm³/mol. The van der Waals surface area contributed by atoms with Crippen molar-refractivity contribution in [2.45, 2.75) is 32.6 Å². The molecule has 178 valence electrons. The Labute approximate surface area is 193 Å². The number of hydrazine groups is 1. The zero-order valence-corrected chi connectivity index (χ0v) is 19.2. The van der Waals surface area contributed by atoms with E-state index in [4.69, 9.17) is 14.2 Å². The van der Waals surface area contributed by atoms with E-state index in [1.807, 2.05) is 0 Å². The van der Waals surface area contributed by atoms with Crippen molar-refractivity contribution in [1.29, 1.82) is 0 Å². The van der Waals surface area contributed by atoms with Crippen LogP contribution >= 0.6 is 0 Å². The summed E-state index contributed by atoms with van der Waals surface area (Å²) in [7, 11) is 2.92. The standard InChI is InChI=1S/C24H31N3O6/c1-4-5-6-7-14-32-19-11-8-17(9-12-19)23(29)26-27-24(30)18-10-13-20(21(15-18)31-3)33-16-22(28)25-2/h8-13,15H,4-7,14,16H2,1-3H3,(H,25,28)(H,26,29)(H,27,30). The summed E-state index contributed by atoms with van der Waals surface area (Å²) in [6, 6.07) is 11.2. The molecule has 0 bridgehead atoms. The molecule has 9 heteroatoms. The minimum absolute atomic E-state index is 0.183. The van der Waals surface area contributed by atoms with Gasteiger partial charge in [-0.1, -0.05) is 26.2 Å². The summed E-state index contributed by atoms with van der Waals surface area (Å²) in [6.45, 7) is 2.62. The summed E-state index contributed by atoms with van der Waals surface area (Å²) in [6.07, 6.45) is 4.49. The van der Waals surface area contributed by atoms with Crippen molar-refractivity contribution >= 4 is 17.7 Å². The minimum atomic E-state index is -0.536. The van der Waals surface area contributed by atoms with Crippen LogP contribution in [0.25, 0.3) is 0 Å². The molecule has 0 heterocycles. The van der Waals surface area contributed by atoms with E-state index in [0.717, 1.165) is 12.8 Å². The monoisotopic (exact) mass is 457 g/mol. The van der Waals surface area contributed by atoms with E-state index in [-0.39, 0.29) is 23.8 Å². The number of hydrogen-bond acceptors (Lipinski definition) is 6. The molecule has 0 aromatic heterocycles. The van der Waals surface area contributed by atoms with Gasteiger partial charge in [0.05, 0.1) is 13.7 Å². The smallest absolute Gasteiger partial charge is 0.269 e. The molecule has 0 saturated carbocycles. The van der Waals surface area contributed by atoms with E-state index in [1.165, 1.54) is 45.2 Å². The predicted octanol–water partition coefficient (Wildman–Crippen LogP) is 2.85. The van der Waals surface area contributed by atoms with Gasteiger partial charge in [-0.25, -0.2) is 0 Å². The fraction of sp³-hybridized carbons (Fsp3) is 0.375. The summed E-state index contributed by atoms with van der Waals surface area (Å²) in [5, 5.41) is 2.45. The maximum Gasteiger partial charge on any atom is 0.269 e. The Kier molecular flexibility index (Phi) is 10.5. The maximum absolute atomic E-state index is 12.4. The molecule has 0 aliphatic carbocycles. The number of amides is 3. The molecule has 3 N–H and O–H groups in total. The quantitative estimate of drug-likeness (QED) is 0.334. The van der Waals surface area contributed by atoms with Crippen molar-refractivity contribution in [2.24, 2.45) is 0 Å². The molecule has 0 saturated heterocycles. The largest absolute Gasteiger partial charge is 0.494 e. The average Bonchev–Trinajstić information content (AvgIpc) is 2.85. The van der Waals surface area contributed by atoms with Crippen molar-refractivity contribution in [3.05, 3.63) is 53.6 Å². The average molecular weight is 458 g/mol. The third-order valence-electron chi connectivity index (χ3n) is 4.74. The van der Waals surface area contributed by atoms with E-state index in [0.29, 0.717) is 23.7 Å². The van der Waals surface area contributed by atoms with Crippen LogP contribution in [0.15, 0.2) is 42.5 Å². The first kappa shape index (κ1) is 25.5.